The van der Waals surface area contributed by atoms with Crippen molar-refractivity contribution in [3.8, 4) is 0 Å². The molecule has 0 radical (unpaired) electrons. The Morgan fingerprint density at radius 2 is 2.00 bits per heavy atom. The summed E-state index contributed by atoms with van der Waals surface area (Å²) in [5.41, 5.74) is 2.63. The number of pyridine rings is 1. The molecule has 2 heterocycles. The van der Waals surface area contributed by atoms with Crippen molar-refractivity contribution in [1.29, 1.82) is 0 Å². The normalized spacial score (nSPS) is 22.7. The fourth-order valence-corrected chi connectivity index (χ4v) is 3.24. The van der Waals surface area contributed by atoms with E-state index in [1.807, 2.05) is 49.1 Å². The highest BCUT2D eigenvalue weighted by atomic mass is 16.2. The highest BCUT2D eigenvalue weighted by Gasteiger charge is 2.44. The van der Waals surface area contributed by atoms with E-state index in [0.29, 0.717) is 5.92 Å². The van der Waals surface area contributed by atoms with Gasteiger partial charge in [0.1, 0.15) is 0 Å². The number of benzene rings is 1. The molecule has 2 aliphatic rings. The van der Waals surface area contributed by atoms with Crippen LogP contribution in [0.15, 0.2) is 48.3 Å². The Kier molecular flexibility index (Phi) is 2.86. The number of rotatable bonds is 2. The molecule has 0 N–H and O–H groups in total. The van der Waals surface area contributed by atoms with Crippen LogP contribution in [0.2, 0.25) is 0 Å². The van der Waals surface area contributed by atoms with E-state index >= 15 is 0 Å². The number of amides is 1. The third-order valence-electron chi connectivity index (χ3n) is 4.59. The lowest BCUT2D eigenvalue weighted by Gasteiger charge is -2.21. The Labute approximate surface area is 130 Å². The molecule has 1 amide bonds. The number of nitrogens with zero attached hydrogens (tertiary/aromatic N) is 2. The second-order valence-corrected chi connectivity index (χ2v) is 7.05. The smallest absolute Gasteiger partial charge is 0.237 e. The van der Waals surface area contributed by atoms with E-state index in [0.717, 1.165) is 28.7 Å². The zero-order chi connectivity index (χ0) is 15.3. The first-order chi connectivity index (χ1) is 10.6. The quantitative estimate of drug-likeness (QED) is 0.827. The Bertz CT molecular complexity index is 782. The molecule has 1 aromatic heterocycles. The number of fused-ring (bicyclic) bond motifs is 1. The summed E-state index contributed by atoms with van der Waals surface area (Å²) in [6.07, 6.45) is 7.40. The van der Waals surface area contributed by atoms with Crippen LogP contribution in [0.5, 0.6) is 0 Å². The first kappa shape index (κ1) is 13.5. The van der Waals surface area contributed by atoms with Gasteiger partial charge >= 0.3 is 0 Å². The third kappa shape index (κ3) is 2.12. The average molecular weight is 292 g/mol. The van der Waals surface area contributed by atoms with Gasteiger partial charge in [0.25, 0.3) is 0 Å². The molecule has 1 saturated heterocycles. The summed E-state index contributed by atoms with van der Waals surface area (Å²) in [4.78, 5) is 19.4. The molecule has 112 valence electrons. The van der Waals surface area contributed by atoms with Crippen molar-refractivity contribution < 1.29 is 4.79 Å². The molecule has 3 heteroatoms. The predicted octanol–water partition coefficient (Wildman–Crippen LogP) is 4.29. The summed E-state index contributed by atoms with van der Waals surface area (Å²) in [6.45, 7) is 4.07. The molecule has 4 rings (SSSR count). The van der Waals surface area contributed by atoms with Crippen LogP contribution >= 0.6 is 0 Å². The number of carbonyl (C=O) groups excluding carboxylic acids is 1. The highest BCUT2D eigenvalue weighted by molar-refractivity contribution is 6.08. The first-order valence-corrected chi connectivity index (χ1v) is 7.95. The minimum atomic E-state index is -0.336. The molecule has 1 aromatic carbocycles. The Morgan fingerprint density at radius 1 is 1.23 bits per heavy atom. The lowest BCUT2D eigenvalue weighted by Crippen LogP contribution is -2.30. The summed E-state index contributed by atoms with van der Waals surface area (Å²) >= 11 is 0. The van der Waals surface area contributed by atoms with Gasteiger partial charge < -0.3 is 0 Å². The molecule has 0 atom stereocenters. The molecular formula is C19H20N2O. The predicted molar refractivity (Wildman–Crippen MR) is 88.4 cm³/mol. The molecule has 0 spiro atoms. The van der Waals surface area contributed by atoms with Gasteiger partial charge in [-0.3, -0.25) is 14.7 Å². The van der Waals surface area contributed by atoms with Crippen LogP contribution in [0.25, 0.3) is 10.9 Å². The number of para-hydroxylation sites is 1. The minimum absolute atomic E-state index is 0.178. The van der Waals surface area contributed by atoms with Crippen molar-refractivity contribution in [3.05, 3.63) is 48.3 Å². The summed E-state index contributed by atoms with van der Waals surface area (Å²) in [7, 11) is 0. The molecule has 3 nitrogen and oxygen atoms in total. The zero-order valence-electron chi connectivity index (χ0n) is 13.0. The summed E-state index contributed by atoms with van der Waals surface area (Å²) in [5, 5.41) is 1.07. The maximum atomic E-state index is 12.9. The second kappa shape index (κ2) is 4.67. The highest BCUT2D eigenvalue weighted by Crippen LogP contribution is 2.44. The van der Waals surface area contributed by atoms with Crippen molar-refractivity contribution in [2.24, 2.45) is 11.3 Å². The molecule has 0 unspecified atom stereocenters. The van der Waals surface area contributed by atoms with Crippen LogP contribution in [0.1, 0.15) is 33.1 Å². The van der Waals surface area contributed by atoms with Crippen molar-refractivity contribution in [3.63, 3.8) is 0 Å². The van der Waals surface area contributed by atoms with Gasteiger partial charge in [-0.2, -0.15) is 0 Å². The molecule has 1 saturated carbocycles. The maximum absolute atomic E-state index is 12.9. The number of hydrogen-bond acceptors (Lipinski definition) is 2. The van der Waals surface area contributed by atoms with Crippen LogP contribution in [-0.2, 0) is 4.79 Å². The van der Waals surface area contributed by atoms with Gasteiger partial charge in [0.15, 0.2) is 0 Å². The number of anilines is 1. The zero-order valence-corrected chi connectivity index (χ0v) is 13.0. The number of allylic oxidation sites excluding steroid dienone is 2. The Morgan fingerprint density at radius 3 is 2.77 bits per heavy atom. The van der Waals surface area contributed by atoms with Gasteiger partial charge in [0.05, 0.1) is 11.2 Å². The molecule has 2 aromatic rings. The van der Waals surface area contributed by atoms with Crippen LogP contribution in [-0.4, -0.2) is 10.9 Å². The van der Waals surface area contributed by atoms with Crippen molar-refractivity contribution in [1.82, 2.24) is 4.98 Å². The standard InChI is InChI=1S/C19H20N2O/c1-19(2)12-15(11-13-8-9-13)21(18(19)22)16-7-3-5-14-6-4-10-20-17(14)16/h3-7,10-11,13H,8-9,12H2,1-2H3/b15-11-. The second-order valence-electron chi connectivity index (χ2n) is 7.05. The van der Waals surface area contributed by atoms with E-state index < -0.39 is 0 Å². The Hall–Kier alpha value is -2.16. The molecule has 1 aliphatic carbocycles. The van der Waals surface area contributed by atoms with Gasteiger partial charge in [0, 0.05) is 29.1 Å². The fraction of sp³-hybridized carbons (Fsp3) is 0.368. The Balaban J connectivity index is 1.89. The van der Waals surface area contributed by atoms with Crippen LogP contribution in [0.3, 0.4) is 0 Å². The van der Waals surface area contributed by atoms with E-state index in [9.17, 15) is 4.79 Å². The number of carbonyl (C=O) groups is 1. The van der Waals surface area contributed by atoms with E-state index in [4.69, 9.17) is 0 Å². The summed E-state index contributed by atoms with van der Waals surface area (Å²) < 4.78 is 0. The van der Waals surface area contributed by atoms with Crippen LogP contribution in [0.4, 0.5) is 5.69 Å². The lowest BCUT2D eigenvalue weighted by molar-refractivity contribution is -0.123. The summed E-state index contributed by atoms with van der Waals surface area (Å²) in [5.74, 6) is 0.833. The fourth-order valence-electron chi connectivity index (χ4n) is 3.24. The van der Waals surface area contributed by atoms with Crippen molar-refractivity contribution >= 4 is 22.5 Å². The van der Waals surface area contributed by atoms with Gasteiger partial charge in [0.2, 0.25) is 5.91 Å². The topological polar surface area (TPSA) is 33.2 Å². The molecule has 22 heavy (non-hydrogen) atoms. The first-order valence-electron chi connectivity index (χ1n) is 7.95. The molecule has 2 fully saturated rings. The summed E-state index contributed by atoms with van der Waals surface area (Å²) in [6, 6.07) is 10.0. The number of hydrogen-bond donors (Lipinski definition) is 0. The molecule has 1 aliphatic heterocycles. The minimum Gasteiger partial charge on any atom is -0.282 e. The van der Waals surface area contributed by atoms with Gasteiger partial charge in [-0.1, -0.05) is 38.1 Å². The van der Waals surface area contributed by atoms with Crippen molar-refractivity contribution in [2.45, 2.75) is 33.1 Å². The van der Waals surface area contributed by atoms with E-state index in [-0.39, 0.29) is 11.3 Å². The van der Waals surface area contributed by atoms with Crippen LogP contribution < -0.4 is 4.90 Å². The largest absolute Gasteiger partial charge is 0.282 e. The number of aromatic nitrogens is 1. The molecular weight excluding hydrogens is 272 g/mol. The van der Waals surface area contributed by atoms with Crippen LogP contribution in [0, 0.1) is 11.3 Å². The third-order valence-corrected chi connectivity index (χ3v) is 4.59. The van der Waals surface area contributed by atoms with Gasteiger partial charge in [-0.15, -0.1) is 0 Å². The average Bonchev–Trinajstić information content (AvgIpc) is 3.27. The van der Waals surface area contributed by atoms with Crippen molar-refractivity contribution in [2.75, 3.05) is 4.90 Å². The van der Waals surface area contributed by atoms with Gasteiger partial charge in [-0.05, 0) is 30.9 Å². The SMILES string of the molecule is CC1(C)C/C(=C/C2CC2)N(c2cccc3cccnc23)C1=O. The van der Waals surface area contributed by atoms with Gasteiger partial charge in [-0.25, -0.2) is 0 Å². The maximum Gasteiger partial charge on any atom is 0.237 e. The lowest BCUT2D eigenvalue weighted by atomic mass is 9.91. The monoisotopic (exact) mass is 292 g/mol. The van der Waals surface area contributed by atoms with E-state index in [1.54, 1.807) is 6.20 Å². The van der Waals surface area contributed by atoms with E-state index in [1.165, 1.54) is 12.8 Å². The molecule has 0 bridgehead atoms. The van der Waals surface area contributed by atoms with E-state index in [2.05, 4.69) is 11.1 Å².